The monoisotopic (exact) mass is 339 g/mol. The Hall–Kier alpha value is -0.670. The molecule has 0 aliphatic carbocycles. The maximum absolute atomic E-state index is 12.1. The molecule has 0 bridgehead atoms. The van der Waals surface area contributed by atoms with Gasteiger partial charge in [-0.15, -0.1) is 0 Å². The van der Waals surface area contributed by atoms with Gasteiger partial charge in [0.05, 0.1) is 9.79 Å². The summed E-state index contributed by atoms with van der Waals surface area (Å²) in [5.41, 5.74) is 0. The molecule has 0 spiro atoms. The second kappa shape index (κ2) is 5.98. The molecule has 1 heterocycles. The molecule has 9 heteroatoms. The van der Waals surface area contributed by atoms with E-state index in [2.05, 4.69) is 4.72 Å². The molecule has 0 radical (unpaired) electrons. The minimum atomic E-state index is -3.85. The number of hydrogen-bond acceptors (Lipinski definition) is 5. The van der Waals surface area contributed by atoms with Gasteiger partial charge in [-0.05, 0) is 37.1 Å². The summed E-state index contributed by atoms with van der Waals surface area (Å²) in [6.45, 7) is 1.05. The summed E-state index contributed by atoms with van der Waals surface area (Å²) in [5.74, 6) is 0. The summed E-state index contributed by atoms with van der Waals surface area (Å²) in [6.07, 6.45) is 1.24. The number of hydrogen-bond donors (Lipinski definition) is 1. The van der Waals surface area contributed by atoms with Crippen LogP contribution < -0.4 is 4.72 Å². The lowest BCUT2D eigenvalue weighted by atomic mass is 10.1. The first-order chi connectivity index (χ1) is 9.29. The SMILES string of the molecule is O=S(=O)(Cl)c1ccc(S(=O)(=O)NC2CCOCC2)cc1. The van der Waals surface area contributed by atoms with Gasteiger partial charge in [-0.25, -0.2) is 21.6 Å². The Morgan fingerprint density at radius 1 is 1.00 bits per heavy atom. The number of halogens is 1. The zero-order valence-corrected chi connectivity index (χ0v) is 12.8. The van der Waals surface area contributed by atoms with Crippen LogP contribution in [0, 0.1) is 0 Å². The predicted molar refractivity (Wildman–Crippen MR) is 73.6 cm³/mol. The van der Waals surface area contributed by atoms with Crippen molar-refractivity contribution in [2.75, 3.05) is 13.2 Å². The van der Waals surface area contributed by atoms with E-state index < -0.39 is 19.1 Å². The van der Waals surface area contributed by atoms with Crippen molar-refractivity contribution in [2.45, 2.75) is 28.7 Å². The standard InChI is InChI=1S/C11H14ClNO5S2/c12-19(14,15)10-1-3-11(4-2-10)20(16,17)13-9-5-7-18-8-6-9/h1-4,9,13H,5-8H2. The average Bonchev–Trinajstić information content (AvgIpc) is 2.38. The summed E-state index contributed by atoms with van der Waals surface area (Å²) in [5, 5.41) is 0. The van der Waals surface area contributed by atoms with Crippen LogP contribution in [0.3, 0.4) is 0 Å². The zero-order valence-electron chi connectivity index (χ0n) is 10.5. The maximum atomic E-state index is 12.1. The van der Waals surface area contributed by atoms with Crippen LogP contribution in [0.1, 0.15) is 12.8 Å². The van der Waals surface area contributed by atoms with Gasteiger partial charge in [-0.2, -0.15) is 0 Å². The Labute approximate surface area is 122 Å². The van der Waals surface area contributed by atoms with Gasteiger partial charge in [-0.3, -0.25) is 0 Å². The van der Waals surface area contributed by atoms with Crippen LogP contribution in [-0.2, 0) is 23.8 Å². The third-order valence-corrected chi connectivity index (χ3v) is 5.86. The topological polar surface area (TPSA) is 89.5 Å². The van der Waals surface area contributed by atoms with Gasteiger partial charge in [0.1, 0.15) is 0 Å². The lowest BCUT2D eigenvalue weighted by Crippen LogP contribution is -2.38. The van der Waals surface area contributed by atoms with Crippen molar-refractivity contribution < 1.29 is 21.6 Å². The van der Waals surface area contributed by atoms with E-state index in [9.17, 15) is 16.8 Å². The minimum absolute atomic E-state index is 0.00746. The van der Waals surface area contributed by atoms with Crippen molar-refractivity contribution in [1.82, 2.24) is 4.72 Å². The third-order valence-electron chi connectivity index (χ3n) is 2.96. The molecule has 1 aromatic carbocycles. The number of nitrogens with one attached hydrogen (secondary N) is 1. The molecule has 0 saturated carbocycles. The highest BCUT2D eigenvalue weighted by atomic mass is 35.7. The number of sulfonamides is 1. The van der Waals surface area contributed by atoms with E-state index in [0.29, 0.717) is 26.1 Å². The molecule has 1 saturated heterocycles. The maximum Gasteiger partial charge on any atom is 0.261 e. The molecule has 1 aliphatic heterocycles. The highest BCUT2D eigenvalue weighted by molar-refractivity contribution is 8.13. The predicted octanol–water partition coefficient (Wildman–Crippen LogP) is 1.07. The number of rotatable bonds is 4. The fraction of sp³-hybridized carbons (Fsp3) is 0.455. The van der Waals surface area contributed by atoms with Crippen molar-refractivity contribution in [3.8, 4) is 0 Å². The molecule has 0 aromatic heterocycles. The highest BCUT2D eigenvalue weighted by Gasteiger charge is 2.22. The zero-order chi connectivity index (χ0) is 14.8. The van der Waals surface area contributed by atoms with Crippen LogP contribution in [0.15, 0.2) is 34.1 Å². The Morgan fingerprint density at radius 2 is 1.50 bits per heavy atom. The molecule has 6 nitrogen and oxygen atoms in total. The van der Waals surface area contributed by atoms with E-state index in [4.69, 9.17) is 15.4 Å². The second-order valence-corrected chi connectivity index (χ2v) is 8.70. The quantitative estimate of drug-likeness (QED) is 0.829. The van der Waals surface area contributed by atoms with Gasteiger partial charge in [0.25, 0.3) is 9.05 Å². The molecule has 0 unspecified atom stereocenters. The normalized spacial score (nSPS) is 18.1. The summed E-state index contributed by atoms with van der Waals surface area (Å²) >= 11 is 0. The van der Waals surface area contributed by atoms with E-state index in [1.807, 2.05) is 0 Å². The molecule has 1 aromatic rings. The van der Waals surface area contributed by atoms with E-state index in [-0.39, 0.29) is 15.8 Å². The van der Waals surface area contributed by atoms with Crippen LogP contribution in [0.4, 0.5) is 0 Å². The Bertz CT molecular complexity index is 663. The van der Waals surface area contributed by atoms with Crippen molar-refractivity contribution >= 4 is 29.8 Å². The van der Waals surface area contributed by atoms with Crippen LogP contribution in [0.5, 0.6) is 0 Å². The Balaban J connectivity index is 2.17. The van der Waals surface area contributed by atoms with Crippen LogP contribution in [-0.4, -0.2) is 36.1 Å². The largest absolute Gasteiger partial charge is 0.381 e. The summed E-state index contributed by atoms with van der Waals surface area (Å²) in [7, 11) is -2.34. The fourth-order valence-electron chi connectivity index (χ4n) is 1.88. The minimum Gasteiger partial charge on any atom is -0.381 e. The van der Waals surface area contributed by atoms with E-state index >= 15 is 0 Å². The van der Waals surface area contributed by atoms with Crippen LogP contribution in [0.2, 0.25) is 0 Å². The van der Waals surface area contributed by atoms with Gasteiger partial charge in [0, 0.05) is 29.9 Å². The van der Waals surface area contributed by atoms with Gasteiger partial charge in [0.15, 0.2) is 0 Å². The molecule has 1 N–H and O–H groups in total. The highest BCUT2D eigenvalue weighted by Crippen LogP contribution is 2.18. The number of benzene rings is 1. The first-order valence-electron chi connectivity index (χ1n) is 5.94. The van der Waals surface area contributed by atoms with E-state index in [1.54, 1.807) is 0 Å². The lowest BCUT2D eigenvalue weighted by molar-refractivity contribution is 0.0832. The van der Waals surface area contributed by atoms with E-state index in [1.165, 1.54) is 24.3 Å². The fourth-order valence-corrected chi connectivity index (χ4v) is 3.96. The molecule has 1 aliphatic rings. The Kier molecular flexibility index (Phi) is 4.70. The molecular weight excluding hydrogens is 326 g/mol. The van der Waals surface area contributed by atoms with Crippen molar-refractivity contribution in [3.05, 3.63) is 24.3 Å². The molecule has 2 rings (SSSR count). The molecule has 1 fully saturated rings. The molecule has 112 valence electrons. The molecular formula is C11H14ClNO5S2. The third kappa shape index (κ3) is 3.92. The van der Waals surface area contributed by atoms with Gasteiger partial charge in [0.2, 0.25) is 10.0 Å². The van der Waals surface area contributed by atoms with E-state index in [0.717, 1.165) is 0 Å². The Morgan fingerprint density at radius 3 is 2.00 bits per heavy atom. The summed E-state index contributed by atoms with van der Waals surface area (Å²) < 4.78 is 54.2. The van der Waals surface area contributed by atoms with Gasteiger partial charge < -0.3 is 4.74 Å². The smallest absolute Gasteiger partial charge is 0.261 e. The second-order valence-electron chi connectivity index (χ2n) is 4.42. The first kappa shape index (κ1) is 15.7. The number of ether oxygens (including phenoxy) is 1. The molecule has 20 heavy (non-hydrogen) atoms. The summed E-state index contributed by atoms with van der Waals surface area (Å²) in [4.78, 5) is -0.128. The van der Waals surface area contributed by atoms with Crippen LogP contribution >= 0.6 is 10.7 Å². The van der Waals surface area contributed by atoms with Crippen molar-refractivity contribution in [2.24, 2.45) is 0 Å². The lowest BCUT2D eigenvalue weighted by Gasteiger charge is -2.22. The first-order valence-corrected chi connectivity index (χ1v) is 9.73. The van der Waals surface area contributed by atoms with Crippen LogP contribution in [0.25, 0.3) is 0 Å². The van der Waals surface area contributed by atoms with Crippen molar-refractivity contribution in [1.29, 1.82) is 0 Å². The average molecular weight is 340 g/mol. The van der Waals surface area contributed by atoms with Crippen molar-refractivity contribution in [3.63, 3.8) is 0 Å². The summed E-state index contributed by atoms with van der Waals surface area (Å²) in [6, 6.07) is 4.61. The molecule has 0 amide bonds. The molecule has 0 atom stereocenters. The van der Waals surface area contributed by atoms with Gasteiger partial charge >= 0.3 is 0 Å². The van der Waals surface area contributed by atoms with Gasteiger partial charge in [-0.1, -0.05) is 0 Å².